The molecule has 0 saturated heterocycles. The minimum Gasteiger partial charge on any atom is -0.421 e. The minimum absolute atomic E-state index is 0.0238. The van der Waals surface area contributed by atoms with E-state index in [9.17, 15) is 12.8 Å². The molecule has 0 bridgehead atoms. The second-order valence-electron chi connectivity index (χ2n) is 6.28. The van der Waals surface area contributed by atoms with Gasteiger partial charge in [-0.3, -0.25) is 4.72 Å². The fourth-order valence-corrected chi connectivity index (χ4v) is 3.75. The van der Waals surface area contributed by atoms with E-state index in [1.165, 1.54) is 42.7 Å². The van der Waals surface area contributed by atoms with Gasteiger partial charge in [0.2, 0.25) is 0 Å². The Balaban J connectivity index is 1.47. The maximum absolute atomic E-state index is 13.6. The first-order chi connectivity index (χ1) is 14.5. The van der Waals surface area contributed by atoms with Gasteiger partial charge in [-0.1, -0.05) is 54.6 Å². The molecule has 0 unspecified atom stereocenters. The monoisotopic (exact) mass is 421 g/mol. The molecule has 1 aromatic heterocycles. The van der Waals surface area contributed by atoms with Gasteiger partial charge in [0.1, 0.15) is 0 Å². The van der Waals surface area contributed by atoms with Crippen LogP contribution in [0.5, 0.6) is 11.8 Å². The summed E-state index contributed by atoms with van der Waals surface area (Å²) in [5, 5.41) is 0. The molecule has 6 nitrogen and oxygen atoms in total. The van der Waals surface area contributed by atoms with Crippen LogP contribution in [0, 0.1) is 5.82 Å². The minimum atomic E-state index is -3.82. The molecule has 0 aliphatic rings. The molecule has 8 heteroatoms. The van der Waals surface area contributed by atoms with Gasteiger partial charge in [0.25, 0.3) is 10.0 Å². The number of ether oxygens (including phenoxy) is 1. The van der Waals surface area contributed by atoms with E-state index in [0.29, 0.717) is 0 Å². The first kappa shape index (κ1) is 19.5. The van der Waals surface area contributed by atoms with Crippen molar-refractivity contribution in [2.24, 2.45) is 0 Å². The summed E-state index contributed by atoms with van der Waals surface area (Å²) >= 11 is 0. The fourth-order valence-electron chi connectivity index (χ4n) is 2.72. The van der Waals surface area contributed by atoms with Crippen LogP contribution in [0.4, 0.5) is 10.1 Å². The first-order valence-electron chi connectivity index (χ1n) is 8.94. The van der Waals surface area contributed by atoms with Gasteiger partial charge in [-0.25, -0.2) is 22.8 Å². The highest BCUT2D eigenvalue weighted by Gasteiger charge is 2.15. The Kier molecular flexibility index (Phi) is 5.40. The van der Waals surface area contributed by atoms with Crippen molar-refractivity contribution >= 4 is 15.7 Å². The van der Waals surface area contributed by atoms with Crippen molar-refractivity contribution in [3.05, 3.63) is 97.1 Å². The molecule has 0 amide bonds. The Morgan fingerprint density at radius 2 is 1.37 bits per heavy atom. The molecule has 3 aromatic carbocycles. The summed E-state index contributed by atoms with van der Waals surface area (Å²) in [7, 11) is -3.82. The molecule has 0 aliphatic heterocycles. The van der Waals surface area contributed by atoms with Gasteiger partial charge in [0, 0.05) is 0 Å². The molecular formula is C22H16FN3O3S. The summed E-state index contributed by atoms with van der Waals surface area (Å²) in [6.07, 6.45) is 2.50. The van der Waals surface area contributed by atoms with E-state index in [2.05, 4.69) is 14.7 Å². The molecule has 0 aliphatic carbocycles. The van der Waals surface area contributed by atoms with Gasteiger partial charge >= 0.3 is 6.01 Å². The first-order valence-corrected chi connectivity index (χ1v) is 10.4. The fraction of sp³-hybridized carbons (Fsp3) is 0. The van der Waals surface area contributed by atoms with Gasteiger partial charge in [0.15, 0.2) is 11.6 Å². The number of nitrogens with one attached hydrogen (secondary N) is 1. The molecular weight excluding hydrogens is 405 g/mol. The predicted octanol–water partition coefficient (Wildman–Crippen LogP) is 4.88. The number of nitrogens with zero attached hydrogens (tertiary/aromatic N) is 2. The SMILES string of the molecule is O=S(=O)(Nc1cnc(Oc2ccccc2F)nc1)c1ccc(-c2ccccc2)cc1. The van der Waals surface area contributed by atoms with Crippen LogP contribution in [0.25, 0.3) is 11.1 Å². The normalized spacial score (nSPS) is 11.1. The summed E-state index contributed by atoms with van der Waals surface area (Å²) in [5.74, 6) is -0.575. The molecule has 1 N–H and O–H groups in total. The molecule has 0 saturated carbocycles. The lowest BCUT2D eigenvalue weighted by Gasteiger charge is -2.09. The number of rotatable bonds is 6. The van der Waals surface area contributed by atoms with Crippen LogP contribution in [0.3, 0.4) is 0 Å². The van der Waals surface area contributed by atoms with Gasteiger partial charge in [-0.2, -0.15) is 0 Å². The Morgan fingerprint density at radius 3 is 2.03 bits per heavy atom. The predicted molar refractivity (Wildman–Crippen MR) is 111 cm³/mol. The number of benzene rings is 3. The molecule has 150 valence electrons. The summed E-state index contributed by atoms with van der Waals surface area (Å²) in [4.78, 5) is 7.94. The lowest BCUT2D eigenvalue weighted by molar-refractivity contribution is 0.411. The Morgan fingerprint density at radius 1 is 0.767 bits per heavy atom. The third kappa shape index (κ3) is 4.44. The lowest BCUT2D eigenvalue weighted by atomic mass is 10.1. The van der Waals surface area contributed by atoms with Crippen molar-refractivity contribution in [2.45, 2.75) is 4.90 Å². The zero-order valence-corrected chi connectivity index (χ0v) is 16.4. The summed E-state index contributed by atoms with van der Waals surface area (Å²) in [5.41, 5.74) is 2.06. The van der Waals surface area contributed by atoms with E-state index in [1.807, 2.05) is 30.3 Å². The molecule has 30 heavy (non-hydrogen) atoms. The second kappa shape index (κ2) is 8.30. The lowest BCUT2D eigenvalue weighted by Crippen LogP contribution is -2.13. The quantitative estimate of drug-likeness (QED) is 0.480. The number of sulfonamides is 1. The van der Waals surface area contributed by atoms with Crippen LogP contribution in [-0.4, -0.2) is 18.4 Å². The van der Waals surface area contributed by atoms with Crippen LogP contribution in [0.1, 0.15) is 0 Å². The summed E-state index contributed by atoms with van der Waals surface area (Å²) in [6.45, 7) is 0. The highest BCUT2D eigenvalue weighted by atomic mass is 32.2. The number of para-hydroxylation sites is 1. The third-order valence-electron chi connectivity index (χ3n) is 4.19. The highest BCUT2D eigenvalue weighted by Crippen LogP contribution is 2.24. The van der Waals surface area contributed by atoms with Crippen LogP contribution >= 0.6 is 0 Å². The standard InChI is InChI=1S/C22H16FN3O3S/c23-20-8-4-5-9-21(20)29-22-24-14-18(15-25-22)26-30(27,28)19-12-10-17(11-13-19)16-6-2-1-3-7-16/h1-15,26H. The molecule has 0 radical (unpaired) electrons. The van der Waals surface area contributed by atoms with E-state index >= 15 is 0 Å². The van der Waals surface area contributed by atoms with E-state index in [4.69, 9.17) is 4.74 Å². The number of hydrogen-bond acceptors (Lipinski definition) is 5. The molecule has 0 spiro atoms. The Labute approximate surface area is 173 Å². The Bertz CT molecular complexity index is 1250. The molecule has 4 aromatic rings. The van der Waals surface area contributed by atoms with E-state index < -0.39 is 15.8 Å². The zero-order chi connectivity index (χ0) is 21.0. The average molecular weight is 421 g/mol. The molecule has 0 atom stereocenters. The van der Waals surface area contributed by atoms with Crippen LogP contribution in [0.2, 0.25) is 0 Å². The van der Waals surface area contributed by atoms with Crippen LogP contribution in [-0.2, 0) is 10.0 Å². The van der Waals surface area contributed by atoms with E-state index in [1.54, 1.807) is 18.2 Å². The molecule has 4 rings (SSSR count). The van der Waals surface area contributed by atoms with Crippen molar-refractivity contribution in [3.8, 4) is 22.9 Å². The number of aromatic nitrogens is 2. The maximum atomic E-state index is 13.6. The van der Waals surface area contributed by atoms with Crippen LogP contribution < -0.4 is 9.46 Å². The van der Waals surface area contributed by atoms with Crippen molar-refractivity contribution in [3.63, 3.8) is 0 Å². The third-order valence-corrected chi connectivity index (χ3v) is 5.59. The average Bonchev–Trinajstić information content (AvgIpc) is 2.77. The zero-order valence-electron chi connectivity index (χ0n) is 15.6. The van der Waals surface area contributed by atoms with Gasteiger partial charge < -0.3 is 4.74 Å². The van der Waals surface area contributed by atoms with Gasteiger partial charge in [0.05, 0.1) is 23.0 Å². The van der Waals surface area contributed by atoms with E-state index in [0.717, 1.165) is 11.1 Å². The smallest absolute Gasteiger partial charge is 0.322 e. The number of hydrogen-bond donors (Lipinski definition) is 1. The van der Waals surface area contributed by atoms with Gasteiger partial charge in [-0.15, -0.1) is 0 Å². The Hall–Kier alpha value is -3.78. The maximum Gasteiger partial charge on any atom is 0.322 e. The molecule has 0 fully saturated rings. The van der Waals surface area contributed by atoms with E-state index in [-0.39, 0.29) is 22.3 Å². The second-order valence-corrected chi connectivity index (χ2v) is 7.97. The van der Waals surface area contributed by atoms with Crippen molar-refractivity contribution in [1.29, 1.82) is 0 Å². The summed E-state index contributed by atoms with van der Waals surface area (Å²) in [6, 6.07) is 21.9. The number of halogens is 1. The largest absolute Gasteiger partial charge is 0.421 e. The van der Waals surface area contributed by atoms with Crippen molar-refractivity contribution < 1.29 is 17.5 Å². The van der Waals surface area contributed by atoms with Crippen molar-refractivity contribution in [2.75, 3.05) is 4.72 Å². The highest BCUT2D eigenvalue weighted by molar-refractivity contribution is 7.92. The summed E-state index contributed by atoms with van der Waals surface area (Å²) < 4.78 is 46.5. The van der Waals surface area contributed by atoms with Crippen LogP contribution in [0.15, 0.2) is 96.2 Å². The van der Waals surface area contributed by atoms with Crippen molar-refractivity contribution in [1.82, 2.24) is 9.97 Å². The van der Waals surface area contributed by atoms with Gasteiger partial charge in [-0.05, 0) is 35.4 Å². The topological polar surface area (TPSA) is 81.2 Å². The number of anilines is 1. The molecule has 1 heterocycles.